The molecule has 0 atom stereocenters. The number of benzene rings is 1. The number of aryl methyl sites for hydroxylation is 1. The summed E-state index contributed by atoms with van der Waals surface area (Å²) in [5.41, 5.74) is 1.09. The van der Waals surface area contributed by atoms with E-state index in [1.165, 1.54) is 7.11 Å². The Kier molecular flexibility index (Phi) is 4.98. The lowest BCUT2D eigenvalue weighted by Crippen LogP contribution is -2.10. The average Bonchev–Trinajstić information content (AvgIpc) is 2.90. The van der Waals surface area contributed by atoms with Gasteiger partial charge in [0.25, 0.3) is 0 Å². The lowest BCUT2D eigenvalue weighted by Gasteiger charge is -2.15. The van der Waals surface area contributed by atoms with Crippen LogP contribution >= 0.6 is 0 Å². The van der Waals surface area contributed by atoms with Gasteiger partial charge in [0.1, 0.15) is 5.75 Å². The van der Waals surface area contributed by atoms with Gasteiger partial charge in [-0.15, -0.1) is 0 Å². The fourth-order valence-corrected chi connectivity index (χ4v) is 1.85. The summed E-state index contributed by atoms with van der Waals surface area (Å²) in [6.45, 7) is 5.94. The summed E-state index contributed by atoms with van der Waals surface area (Å²) < 4.78 is 15.5. The first kappa shape index (κ1) is 15.8. The third kappa shape index (κ3) is 3.97. The van der Waals surface area contributed by atoms with Gasteiger partial charge in [0.05, 0.1) is 31.0 Å². The summed E-state index contributed by atoms with van der Waals surface area (Å²) in [7, 11) is 1.34. The summed E-state index contributed by atoms with van der Waals surface area (Å²) in [6.07, 6.45) is 0.00942. The molecule has 1 N–H and O–H groups in total. The molecule has 2 rings (SSSR count). The van der Waals surface area contributed by atoms with Crippen molar-refractivity contribution in [1.82, 2.24) is 10.1 Å². The molecule has 0 aliphatic heterocycles. The van der Waals surface area contributed by atoms with E-state index in [2.05, 4.69) is 15.5 Å². The fourth-order valence-electron chi connectivity index (χ4n) is 1.85. The minimum Gasteiger partial charge on any atom is -0.489 e. The molecule has 0 unspecified atom stereocenters. The minimum absolute atomic E-state index is 0.00942. The summed E-state index contributed by atoms with van der Waals surface area (Å²) in [4.78, 5) is 15.8. The molecule has 2 aromatic rings. The zero-order valence-electron chi connectivity index (χ0n) is 13.0. The molecular formula is C15H19N3O4. The number of carbonyl (C=O) groups is 1. The number of carbonyl (C=O) groups excluding carboxylic acids is 1. The Balaban J connectivity index is 2.21. The van der Waals surface area contributed by atoms with Gasteiger partial charge in [0, 0.05) is 0 Å². The third-order valence-electron chi connectivity index (χ3n) is 2.76. The molecule has 0 saturated heterocycles. The van der Waals surface area contributed by atoms with Gasteiger partial charge in [-0.3, -0.25) is 0 Å². The zero-order chi connectivity index (χ0) is 16.1. The van der Waals surface area contributed by atoms with Crippen molar-refractivity contribution in [2.24, 2.45) is 0 Å². The number of aromatic nitrogens is 2. The van der Waals surface area contributed by atoms with E-state index in [4.69, 9.17) is 14.0 Å². The van der Waals surface area contributed by atoms with Crippen molar-refractivity contribution in [3.05, 3.63) is 35.5 Å². The molecule has 1 heterocycles. The molecule has 0 aliphatic rings. The van der Waals surface area contributed by atoms with Crippen molar-refractivity contribution in [3.63, 3.8) is 0 Å². The van der Waals surface area contributed by atoms with Gasteiger partial charge in [-0.2, -0.15) is 4.98 Å². The van der Waals surface area contributed by atoms with Crippen molar-refractivity contribution in [2.75, 3.05) is 12.4 Å². The van der Waals surface area contributed by atoms with Crippen LogP contribution in [0, 0.1) is 6.92 Å². The maximum atomic E-state index is 11.6. The van der Waals surface area contributed by atoms with Crippen LogP contribution in [0.4, 0.5) is 5.69 Å². The second-order valence-corrected chi connectivity index (χ2v) is 4.96. The van der Waals surface area contributed by atoms with E-state index in [1.807, 2.05) is 13.8 Å². The molecule has 0 fully saturated rings. The Labute approximate surface area is 128 Å². The SMILES string of the molecule is COC(=O)c1ccc(OC(C)C)c(NCc2nc(C)no2)c1. The second kappa shape index (κ2) is 6.93. The maximum absolute atomic E-state index is 11.6. The Morgan fingerprint density at radius 1 is 1.41 bits per heavy atom. The third-order valence-corrected chi connectivity index (χ3v) is 2.76. The van der Waals surface area contributed by atoms with Crippen LogP contribution in [0.2, 0.25) is 0 Å². The van der Waals surface area contributed by atoms with Crippen molar-refractivity contribution in [1.29, 1.82) is 0 Å². The van der Waals surface area contributed by atoms with Gasteiger partial charge in [-0.25, -0.2) is 4.79 Å². The number of anilines is 1. The molecule has 0 radical (unpaired) electrons. The highest BCUT2D eigenvalue weighted by Gasteiger charge is 2.13. The predicted molar refractivity (Wildman–Crippen MR) is 79.9 cm³/mol. The van der Waals surface area contributed by atoms with Crippen molar-refractivity contribution in [2.45, 2.75) is 33.4 Å². The number of nitrogens with zero attached hydrogens (tertiary/aromatic N) is 2. The van der Waals surface area contributed by atoms with Crippen LogP contribution in [-0.4, -0.2) is 29.3 Å². The number of ether oxygens (including phenoxy) is 2. The molecule has 0 bridgehead atoms. The molecule has 0 saturated carbocycles. The molecule has 1 aromatic carbocycles. The highest BCUT2D eigenvalue weighted by molar-refractivity contribution is 5.91. The van der Waals surface area contributed by atoms with Crippen molar-refractivity contribution < 1.29 is 18.8 Å². The van der Waals surface area contributed by atoms with Crippen LogP contribution in [0.15, 0.2) is 22.7 Å². The Hall–Kier alpha value is -2.57. The quantitative estimate of drug-likeness (QED) is 0.821. The Morgan fingerprint density at radius 3 is 2.77 bits per heavy atom. The van der Waals surface area contributed by atoms with E-state index in [-0.39, 0.29) is 6.10 Å². The second-order valence-electron chi connectivity index (χ2n) is 4.96. The normalized spacial score (nSPS) is 10.6. The summed E-state index contributed by atoms with van der Waals surface area (Å²) in [6, 6.07) is 5.06. The number of hydrogen-bond acceptors (Lipinski definition) is 7. The Morgan fingerprint density at radius 2 is 2.18 bits per heavy atom. The van der Waals surface area contributed by atoms with Gasteiger partial charge in [0.2, 0.25) is 5.89 Å². The van der Waals surface area contributed by atoms with Gasteiger partial charge in [0.15, 0.2) is 5.82 Å². The summed E-state index contributed by atoms with van der Waals surface area (Å²) in [5, 5.41) is 6.87. The molecule has 0 amide bonds. The molecule has 118 valence electrons. The number of methoxy groups -OCH3 is 1. The van der Waals surface area contributed by atoms with Crippen LogP contribution in [0.3, 0.4) is 0 Å². The van der Waals surface area contributed by atoms with E-state index < -0.39 is 5.97 Å². The number of nitrogens with one attached hydrogen (secondary N) is 1. The minimum atomic E-state index is -0.409. The highest BCUT2D eigenvalue weighted by Crippen LogP contribution is 2.27. The summed E-state index contributed by atoms with van der Waals surface area (Å²) in [5.74, 6) is 1.25. The largest absolute Gasteiger partial charge is 0.489 e. The number of rotatable bonds is 6. The Bertz CT molecular complexity index is 652. The van der Waals surface area contributed by atoms with Crippen molar-refractivity contribution >= 4 is 11.7 Å². The lowest BCUT2D eigenvalue weighted by molar-refractivity contribution is 0.0601. The zero-order valence-corrected chi connectivity index (χ0v) is 13.0. The smallest absolute Gasteiger partial charge is 0.337 e. The van der Waals surface area contributed by atoms with Gasteiger partial charge in [-0.1, -0.05) is 5.16 Å². The topological polar surface area (TPSA) is 86.5 Å². The van der Waals surface area contributed by atoms with E-state index >= 15 is 0 Å². The first-order valence-electron chi connectivity index (χ1n) is 6.91. The highest BCUT2D eigenvalue weighted by atomic mass is 16.5. The van der Waals surface area contributed by atoms with Crippen LogP contribution in [-0.2, 0) is 11.3 Å². The first-order chi connectivity index (χ1) is 10.5. The van der Waals surface area contributed by atoms with E-state index in [1.54, 1.807) is 25.1 Å². The van der Waals surface area contributed by atoms with E-state index in [0.29, 0.717) is 35.3 Å². The molecule has 7 nitrogen and oxygen atoms in total. The van der Waals surface area contributed by atoms with Crippen LogP contribution in [0.25, 0.3) is 0 Å². The van der Waals surface area contributed by atoms with Gasteiger partial charge in [-0.05, 0) is 39.0 Å². The average molecular weight is 305 g/mol. The molecule has 0 spiro atoms. The monoisotopic (exact) mass is 305 g/mol. The number of hydrogen-bond donors (Lipinski definition) is 1. The molecule has 0 aliphatic carbocycles. The summed E-state index contributed by atoms with van der Waals surface area (Å²) >= 11 is 0. The van der Waals surface area contributed by atoms with Crippen molar-refractivity contribution in [3.8, 4) is 5.75 Å². The maximum Gasteiger partial charge on any atom is 0.337 e. The van der Waals surface area contributed by atoms with E-state index in [0.717, 1.165) is 0 Å². The number of esters is 1. The predicted octanol–water partition coefficient (Wildman–Crippen LogP) is 2.56. The van der Waals surface area contributed by atoms with Crippen LogP contribution < -0.4 is 10.1 Å². The van der Waals surface area contributed by atoms with Gasteiger partial charge < -0.3 is 19.3 Å². The standard InChI is InChI=1S/C15H19N3O4/c1-9(2)21-13-6-5-11(15(19)20-4)7-12(13)16-8-14-17-10(3)18-22-14/h5-7,9,16H,8H2,1-4H3. The van der Waals surface area contributed by atoms with Crippen LogP contribution in [0.5, 0.6) is 5.75 Å². The lowest BCUT2D eigenvalue weighted by atomic mass is 10.2. The molecule has 7 heteroatoms. The molecular weight excluding hydrogens is 286 g/mol. The molecule has 22 heavy (non-hydrogen) atoms. The first-order valence-corrected chi connectivity index (χ1v) is 6.91. The van der Waals surface area contributed by atoms with E-state index in [9.17, 15) is 4.79 Å². The fraction of sp³-hybridized carbons (Fsp3) is 0.400. The molecule has 1 aromatic heterocycles. The van der Waals surface area contributed by atoms with Crippen LogP contribution in [0.1, 0.15) is 35.9 Å². The van der Waals surface area contributed by atoms with Gasteiger partial charge >= 0.3 is 5.97 Å².